The molecule has 0 N–H and O–H groups in total. The van der Waals surface area contributed by atoms with Gasteiger partial charge in [0.2, 0.25) is 0 Å². The summed E-state index contributed by atoms with van der Waals surface area (Å²) >= 11 is 4.63. The molecule has 118 valence electrons. The Hall–Kier alpha value is 0.0500. The molecule has 0 radical (unpaired) electrons. The van der Waals surface area contributed by atoms with Gasteiger partial charge in [0.15, 0.2) is 0 Å². The van der Waals surface area contributed by atoms with Gasteiger partial charge in [-0.25, -0.2) is 8.42 Å². The lowest BCUT2D eigenvalue weighted by Crippen LogP contribution is -2.40. The molecule has 7 heteroatoms. The average Bonchev–Trinajstić information content (AvgIpc) is 3.11. The Morgan fingerprint density at radius 3 is 2.38 bits per heavy atom. The zero-order valence-corrected chi connectivity index (χ0v) is 15.2. The van der Waals surface area contributed by atoms with Crippen molar-refractivity contribution in [2.24, 2.45) is 5.92 Å². The first-order valence-electron chi connectivity index (χ1n) is 7.53. The standard InChI is InChI=1S/C14H21BrN2O2S2/c15-13-3-4-14(20-13)21(18,19)17-9-5-12(6-10-17)11-16-7-1-2-8-16/h3-4,12H,1-2,5-11H2. The number of sulfonamides is 1. The van der Waals surface area contributed by atoms with Crippen LogP contribution < -0.4 is 0 Å². The van der Waals surface area contributed by atoms with E-state index in [4.69, 9.17) is 0 Å². The molecule has 0 bridgehead atoms. The second-order valence-electron chi connectivity index (χ2n) is 5.91. The number of rotatable bonds is 4. The van der Waals surface area contributed by atoms with Crippen LogP contribution in [-0.2, 0) is 10.0 Å². The number of halogens is 1. The predicted molar refractivity (Wildman–Crippen MR) is 89.2 cm³/mol. The van der Waals surface area contributed by atoms with Crippen molar-refractivity contribution in [3.63, 3.8) is 0 Å². The van der Waals surface area contributed by atoms with Gasteiger partial charge in [-0.05, 0) is 72.8 Å². The molecule has 3 rings (SSSR count). The maximum absolute atomic E-state index is 12.6. The van der Waals surface area contributed by atoms with E-state index in [-0.39, 0.29) is 0 Å². The minimum Gasteiger partial charge on any atom is -0.303 e. The van der Waals surface area contributed by atoms with Gasteiger partial charge in [-0.2, -0.15) is 4.31 Å². The number of hydrogen-bond acceptors (Lipinski definition) is 4. The number of likely N-dealkylation sites (tertiary alicyclic amines) is 1. The number of thiophene rings is 1. The predicted octanol–water partition coefficient (Wildman–Crippen LogP) is 3.01. The van der Waals surface area contributed by atoms with E-state index in [9.17, 15) is 8.42 Å². The fourth-order valence-electron chi connectivity index (χ4n) is 3.23. The molecule has 2 aliphatic heterocycles. The van der Waals surface area contributed by atoms with Gasteiger partial charge in [0.05, 0.1) is 3.79 Å². The van der Waals surface area contributed by atoms with E-state index in [0.717, 1.165) is 23.2 Å². The molecular weight excluding hydrogens is 372 g/mol. The third kappa shape index (κ3) is 3.69. The van der Waals surface area contributed by atoms with Crippen molar-refractivity contribution in [1.29, 1.82) is 0 Å². The van der Waals surface area contributed by atoms with E-state index in [1.54, 1.807) is 16.4 Å². The highest BCUT2D eigenvalue weighted by Gasteiger charge is 2.31. The molecule has 0 aromatic carbocycles. The Kier molecular flexibility index (Phi) is 5.05. The summed E-state index contributed by atoms with van der Waals surface area (Å²) in [6.07, 6.45) is 4.62. The molecule has 0 saturated carbocycles. The van der Waals surface area contributed by atoms with E-state index in [1.165, 1.54) is 37.3 Å². The number of nitrogens with zero attached hydrogens (tertiary/aromatic N) is 2. The third-order valence-electron chi connectivity index (χ3n) is 4.43. The van der Waals surface area contributed by atoms with Gasteiger partial charge in [0, 0.05) is 19.6 Å². The summed E-state index contributed by atoms with van der Waals surface area (Å²) in [5.41, 5.74) is 0. The smallest absolute Gasteiger partial charge is 0.252 e. The Balaban J connectivity index is 1.57. The maximum Gasteiger partial charge on any atom is 0.252 e. The Bertz CT molecular complexity index is 574. The van der Waals surface area contributed by atoms with E-state index in [2.05, 4.69) is 20.8 Å². The van der Waals surface area contributed by atoms with Gasteiger partial charge in [-0.3, -0.25) is 0 Å². The second kappa shape index (κ2) is 6.66. The summed E-state index contributed by atoms with van der Waals surface area (Å²) in [4.78, 5) is 2.53. The summed E-state index contributed by atoms with van der Waals surface area (Å²) in [6, 6.07) is 3.50. The molecule has 2 fully saturated rings. The molecule has 2 saturated heterocycles. The lowest BCUT2D eigenvalue weighted by Gasteiger charge is -2.32. The lowest BCUT2D eigenvalue weighted by molar-refractivity contribution is 0.206. The van der Waals surface area contributed by atoms with E-state index in [1.807, 2.05) is 0 Å². The third-order valence-corrected chi connectivity index (χ3v) is 8.42. The van der Waals surface area contributed by atoms with Crippen molar-refractivity contribution in [2.75, 3.05) is 32.7 Å². The van der Waals surface area contributed by atoms with Crippen LogP contribution in [0.1, 0.15) is 25.7 Å². The van der Waals surface area contributed by atoms with E-state index < -0.39 is 10.0 Å². The summed E-state index contributed by atoms with van der Waals surface area (Å²) in [5.74, 6) is 0.657. The molecule has 0 aliphatic carbocycles. The van der Waals surface area contributed by atoms with Crippen LogP contribution in [0.2, 0.25) is 0 Å². The van der Waals surface area contributed by atoms with Crippen molar-refractivity contribution in [3.05, 3.63) is 15.9 Å². The zero-order valence-electron chi connectivity index (χ0n) is 12.0. The molecular formula is C14H21BrN2O2S2. The summed E-state index contributed by atoms with van der Waals surface area (Å²) in [7, 11) is -3.28. The van der Waals surface area contributed by atoms with Gasteiger partial charge in [-0.1, -0.05) is 0 Å². The molecule has 4 nitrogen and oxygen atoms in total. The molecule has 1 aromatic rings. The van der Waals surface area contributed by atoms with Crippen molar-refractivity contribution >= 4 is 37.3 Å². The van der Waals surface area contributed by atoms with Crippen LogP contribution in [0.4, 0.5) is 0 Å². The highest BCUT2D eigenvalue weighted by atomic mass is 79.9. The van der Waals surface area contributed by atoms with Crippen molar-refractivity contribution in [3.8, 4) is 0 Å². The monoisotopic (exact) mass is 392 g/mol. The fourth-order valence-corrected chi connectivity index (χ4v) is 6.86. The van der Waals surface area contributed by atoms with Crippen LogP contribution in [-0.4, -0.2) is 50.3 Å². The Labute approximate surface area is 139 Å². The fraction of sp³-hybridized carbons (Fsp3) is 0.714. The van der Waals surface area contributed by atoms with Gasteiger partial charge in [0.25, 0.3) is 10.0 Å². The van der Waals surface area contributed by atoms with E-state index in [0.29, 0.717) is 23.2 Å². The first-order chi connectivity index (χ1) is 10.1. The SMILES string of the molecule is O=S(=O)(c1ccc(Br)s1)N1CCC(CN2CCCC2)CC1. The molecule has 3 heterocycles. The topological polar surface area (TPSA) is 40.6 Å². The number of piperidine rings is 1. The first kappa shape index (κ1) is 15.9. The van der Waals surface area contributed by atoms with Crippen LogP contribution in [0.15, 0.2) is 20.1 Å². The molecule has 0 amide bonds. The first-order valence-corrected chi connectivity index (χ1v) is 10.6. The van der Waals surface area contributed by atoms with Crippen LogP contribution in [0.5, 0.6) is 0 Å². The van der Waals surface area contributed by atoms with Gasteiger partial charge >= 0.3 is 0 Å². The Morgan fingerprint density at radius 1 is 1.14 bits per heavy atom. The molecule has 0 unspecified atom stereocenters. The normalized spacial score (nSPS) is 22.9. The summed E-state index contributed by atoms with van der Waals surface area (Å²) < 4.78 is 28.1. The summed E-state index contributed by atoms with van der Waals surface area (Å²) in [6.45, 7) is 4.93. The van der Waals surface area contributed by atoms with Gasteiger partial charge in [-0.15, -0.1) is 11.3 Å². The molecule has 21 heavy (non-hydrogen) atoms. The van der Waals surface area contributed by atoms with Gasteiger partial charge in [0.1, 0.15) is 4.21 Å². The van der Waals surface area contributed by atoms with Crippen molar-refractivity contribution in [1.82, 2.24) is 9.21 Å². The molecule has 0 atom stereocenters. The molecule has 2 aliphatic rings. The largest absolute Gasteiger partial charge is 0.303 e. The van der Waals surface area contributed by atoms with Crippen molar-refractivity contribution in [2.45, 2.75) is 29.9 Å². The van der Waals surface area contributed by atoms with Crippen LogP contribution in [0.25, 0.3) is 0 Å². The lowest BCUT2D eigenvalue weighted by atomic mass is 9.98. The van der Waals surface area contributed by atoms with Crippen LogP contribution in [0, 0.1) is 5.92 Å². The summed E-state index contributed by atoms with van der Waals surface area (Å²) in [5, 5.41) is 0. The van der Waals surface area contributed by atoms with E-state index >= 15 is 0 Å². The van der Waals surface area contributed by atoms with Gasteiger partial charge < -0.3 is 4.90 Å². The minimum absolute atomic E-state index is 0.451. The number of hydrogen-bond donors (Lipinski definition) is 0. The second-order valence-corrected chi connectivity index (χ2v) is 10.5. The van der Waals surface area contributed by atoms with Crippen molar-refractivity contribution < 1.29 is 8.42 Å². The Morgan fingerprint density at radius 2 is 1.81 bits per heavy atom. The molecule has 0 spiro atoms. The molecule has 1 aromatic heterocycles. The minimum atomic E-state index is -3.28. The quantitative estimate of drug-likeness (QED) is 0.790. The zero-order chi connectivity index (χ0) is 14.9. The highest BCUT2D eigenvalue weighted by molar-refractivity contribution is 9.11. The maximum atomic E-state index is 12.6. The highest BCUT2D eigenvalue weighted by Crippen LogP contribution is 2.31. The van der Waals surface area contributed by atoms with Crippen LogP contribution >= 0.6 is 27.3 Å². The average molecular weight is 393 g/mol. The van der Waals surface area contributed by atoms with Crippen LogP contribution in [0.3, 0.4) is 0 Å².